The van der Waals surface area contributed by atoms with Crippen LogP contribution in [0.3, 0.4) is 0 Å². The lowest BCUT2D eigenvalue weighted by Crippen LogP contribution is -2.27. The Morgan fingerprint density at radius 1 is 1.17 bits per heavy atom. The minimum Gasteiger partial charge on any atom is -0.481 e. The van der Waals surface area contributed by atoms with Gasteiger partial charge in [-0.3, -0.25) is 9.59 Å². The highest BCUT2D eigenvalue weighted by Gasteiger charge is 2.32. The minimum atomic E-state index is -4.48. The van der Waals surface area contributed by atoms with E-state index in [-0.39, 0.29) is 35.4 Å². The Morgan fingerprint density at radius 3 is 2.58 bits per heavy atom. The van der Waals surface area contributed by atoms with Gasteiger partial charge in [-0.2, -0.15) is 23.4 Å². The molecule has 1 unspecified atom stereocenters. The Bertz CT molecular complexity index is 834. The summed E-state index contributed by atoms with van der Waals surface area (Å²) < 4.78 is 38.4. The first-order chi connectivity index (χ1) is 11.3. The first-order valence-corrected chi connectivity index (χ1v) is 7.06. The quantitative estimate of drug-likeness (QED) is 0.912. The molecule has 0 saturated carbocycles. The van der Waals surface area contributed by atoms with Crippen molar-refractivity contribution in [3.63, 3.8) is 0 Å². The van der Waals surface area contributed by atoms with Crippen LogP contribution in [0.1, 0.15) is 28.0 Å². The summed E-state index contributed by atoms with van der Waals surface area (Å²) >= 11 is 0. The molecular weight excluding hydrogens is 325 g/mol. The highest BCUT2D eigenvalue weighted by atomic mass is 19.4. The maximum atomic E-state index is 12.8. The topological polar surface area (TPSA) is 80.2 Å². The monoisotopic (exact) mass is 336 g/mol. The number of ketones is 1. The van der Waals surface area contributed by atoms with Crippen molar-refractivity contribution < 1.29 is 27.9 Å². The number of aromatic nitrogens is 2. The summed E-state index contributed by atoms with van der Waals surface area (Å²) in [6.07, 6.45) is -4.56. The molecule has 1 atom stereocenters. The van der Waals surface area contributed by atoms with Crippen molar-refractivity contribution in [3.05, 3.63) is 47.2 Å². The number of Topliss-reactive ketones (excluding diaryl/α,β-unsaturated/α-hetero) is 1. The number of hydrogen-bond acceptors (Lipinski definition) is 4. The summed E-state index contributed by atoms with van der Waals surface area (Å²) in [5.74, 6) is -2.33. The third-order valence-electron chi connectivity index (χ3n) is 3.88. The lowest BCUT2D eigenvalue weighted by Gasteiger charge is -2.19. The number of halogens is 3. The van der Waals surface area contributed by atoms with E-state index in [1.807, 2.05) is 0 Å². The molecule has 1 aliphatic carbocycles. The molecule has 1 aliphatic rings. The molecule has 2 aromatic rings. The molecule has 1 N–H and O–H groups in total. The van der Waals surface area contributed by atoms with Crippen molar-refractivity contribution in [1.82, 2.24) is 10.2 Å². The third-order valence-corrected chi connectivity index (χ3v) is 3.88. The maximum Gasteiger partial charge on any atom is 0.416 e. The van der Waals surface area contributed by atoms with Crippen LogP contribution >= 0.6 is 0 Å². The number of fused-ring (bicyclic) bond motifs is 1. The normalized spacial score (nSPS) is 17.5. The standard InChI is InChI=1S/C16H11F3N2O3/c17-16(18,19)10-3-1-2-8(4-10)12-7-11-13(21-20-12)5-9(15(23)24)6-14(11)22/h1-4,7,9H,5-6H2,(H,23,24). The van der Waals surface area contributed by atoms with E-state index in [0.29, 0.717) is 0 Å². The fraction of sp³-hybridized carbons (Fsp3) is 0.250. The van der Waals surface area contributed by atoms with Crippen LogP contribution in [-0.2, 0) is 17.4 Å². The zero-order valence-corrected chi connectivity index (χ0v) is 12.2. The van der Waals surface area contributed by atoms with E-state index in [2.05, 4.69) is 10.2 Å². The highest BCUT2D eigenvalue weighted by Crippen LogP contribution is 2.32. The number of carbonyl (C=O) groups is 2. The van der Waals surface area contributed by atoms with E-state index in [4.69, 9.17) is 5.11 Å². The molecule has 0 aliphatic heterocycles. The number of carboxylic acids is 1. The molecular formula is C16H11F3N2O3. The molecule has 0 spiro atoms. The van der Waals surface area contributed by atoms with Crippen LogP contribution in [0.15, 0.2) is 30.3 Å². The van der Waals surface area contributed by atoms with E-state index in [9.17, 15) is 22.8 Å². The molecule has 1 aromatic carbocycles. The number of carboxylic acid groups (broad SMARTS) is 1. The Hall–Kier alpha value is -2.77. The second-order valence-electron chi connectivity index (χ2n) is 5.54. The molecule has 3 rings (SSSR count). The predicted molar refractivity (Wildman–Crippen MR) is 76.2 cm³/mol. The Labute approximate surface area is 134 Å². The predicted octanol–water partition coefficient (Wildman–Crippen LogP) is 2.99. The largest absolute Gasteiger partial charge is 0.481 e. The molecule has 1 heterocycles. The van der Waals surface area contributed by atoms with E-state index in [1.54, 1.807) is 0 Å². The summed E-state index contributed by atoms with van der Waals surface area (Å²) in [6.45, 7) is 0. The van der Waals surface area contributed by atoms with Crippen LogP contribution in [0.4, 0.5) is 13.2 Å². The Balaban J connectivity index is 2.00. The lowest BCUT2D eigenvalue weighted by atomic mass is 9.86. The number of alkyl halides is 3. The van der Waals surface area contributed by atoms with Crippen molar-refractivity contribution in [2.75, 3.05) is 0 Å². The van der Waals surface area contributed by atoms with Gasteiger partial charge >= 0.3 is 12.1 Å². The summed E-state index contributed by atoms with van der Waals surface area (Å²) in [6, 6.07) is 5.94. The molecule has 0 radical (unpaired) electrons. The minimum absolute atomic E-state index is 0.0757. The summed E-state index contributed by atoms with van der Waals surface area (Å²) in [5.41, 5.74) is -0.0173. The molecule has 24 heavy (non-hydrogen) atoms. The number of nitrogens with zero attached hydrogens (tertiary/aromatic N) is 2. The van der Waals surface area contributed by atoms with Gasteiger partial charge in [0.05, 0.1) is 22.9 Å². The number of hydrogen-bond donors (Lipinski definition) is 1. The average Bonchev–Trinajstić information content (AvgIpc) is 2.53. The fourth-order valence-electron chi connectivity index (χ4n) is 2.62. The average molecular weight is 336 g/mol. The zero-order chi connectivity index (χ0) is 17.5. The van der Waals surface area contributed by atoms with Gasteiger partial charge in [-0.05, 0) is 18.2 Å². The number of aliphatic carboxylic acids is 1. The first-order valence-electron chi connectivity index (χ1n) is 7.06. The van der Waals surface area contributed by atoms with Crippen LogP contribution in [-0.4, -0.2) is 27.1 Å². The first kappa shape index (κ1) is 16.1. The van der Waals surface area contributed by atoms with Gasteiger partial charge in [-0.1, -0.05) is 12.1 Å². The van der Waals surface area contributed by atoms with E-state index < -0.39 is 29.4 Å². The van der Waals surface area contributed by atoms with Crippen LogP contribution < -0.4 is 0 Å². The summed E-state index contributed by atoms with van der Waals surface area (Å²) in [4.78, 5) is 23.1. The van der Waals surface area contributed by atoms with Crippen LogP contribution in [0.25, 0.3) is 11.3 Å². The Morgan fingerprint density at radius 2 is 1.92 bits per heavy atom. The van der Waals surface area contributed by atoms with Crippen molar-refractivity contribution in [2.45, 2.75) is 19.0 Å². The zero-order valence-electron chi connectivity index (χ0n) is 12.2. The third kappa shape index (κ3) is 2.99. The fourth-order valence-corrected chi connectivity index (χ4v) is 2.62. The van der Waals surface area contributed by atoms with E-state index >= 15 is 0 Å². The number of benzene rings is 1. The summed E-state index contributed by atoms with van der Waals surface area (Å²) in [5, 5.41) is 16.7. The van der Waals surface area contributed by atoms with E-state index in [0.717, 1.165) is 12.1 Å². The lowest BCUT2D eigenvalue weighted by molar-refractivity contribution is -0.141. The van der Waals surface area contributed by atoms with Crippen molar-refractivity contribution >= 4 is 11.8 Å². The van der Waals surface area contributed by atoms with Crippen molar-refractivity contribution in [1.29, 1.82) is 0 Å². The second kappa shape index (κ2) is 5.70. The van der Waals surface area contributed by atoms with Gasteiger partial charge in [0.2, 0.25) is 0 Å². The Kier molecular flexibility index (Phi) is 3.82. The molecule has 0 bridgehead atoms. The second-order valence-corrected chi connectivity index (χ2v) is 5.54. The number of carbonyl (C=O) groups excluding carboxylic acids is 1. The summed E-state index contributed by atoms with van der Waals surface area (Å²) in [7, 11) is 0. The van der Waals surface area contributed by atoms with Gasteiger partial charge in [0, 0.05) is 24.0 Å². The molecule has 0 saturated heterocycles. The van der Waals surface area contributed by atoms with Crippen LogP contribution in [0, 0.1) is 5.92 Å². The number of rotatable bonds is 2. The molecule has 8 heteroatoms. The van der Waals surface area contributed by atoms with Gasteiger partial charge in [0.15, 0.2) is 5.78 Å². The molecule has 5 nitrogen and oxygen atoms in total. The van der Waals surface area contributed by atoms with Gasteiger partial charge in [0.1, 0.15) is 0 Å². The highest BCUT2D eigenvalue weighted by molar-refractivity contribution is 6.01. The SMILES string of the molecule is O=C1CC(C(=O)O)Cc2nnc(-c3cccc(C(F)(F)F)c3)cc21. The van der Waals surface area contributed by atoms with E-state index in [1.165, 1.54) is 18.2 Å². The maximum absolute atomic E-state index is 12.8. The molecule has 124 valence electrons. The van der Waals surface area contributed by atoms with Gasteiger partial charge < -0.3 is 5.11 Å². The van der Waals surface area contributed by atoms with Crippen molar-refractivity contribution in [3.8, 4) is 11.3 Å². The molecule has 0 fully saturated rings. The van der Waals surface area contributed by atoms with Gasteiger partial charge in [0.25, 0.3) is 0 Å². The van der Waals surface area contributed by atoms with Gasteiger partial charge in [-0.25, -0.2) is 0 Å². The van der Waals surface area contributed by atoms with Gasteiger partial charge in [-0.15, -0.1) is 0 Å². The molecule has 0 amide bonds. The molecule has 1 aromatic heterocycles. The van der Waals surface area contributed by atoms with Crippen molar-refractivity contribution in [2.24, 2.45) is 5.92 Å². The smallest absolute Gasteiger partial charge is 0.416 e. The van der Waals surface area contributed by atoms with Crippen LogP contribution in [0.5, 0.6) is 0 Å². The van der Waals surface area contributed by atoms with Crippen LogP contribution in [0.2, 0.25) is 0 Å².